The molecule has 3 aromatic rings. The minimum Gasteiger partial charge on any atom is -0.481 e. The van der Waals surface area contributed by atoms with Gasteiger partial charge in [0.2, 0.25) is 0 Å². The monoisotopic (exact) mass is 638 g/mol. The van der Waals surface area contributed by atoms with Crippen molar-refractivity contribution in [3.63, 3.8) is 0 Å². The summed E-state index contributed by atoms with van der Waals surface area (Å²) in [6.45, 7) is 2.88. The highest BCUT2D eigenvalue weighted by atomic mass is 35.5. The van der Waals surface area contributed by atoms with Gasteiger partial charge in [-0.25, -0.2) is 14.2 Å². The zero-order valence-electron chi connectivity index (χ0n) is 24.1. The van der Waals surface area contributed by atoms with Gasteiger partial charge in [0, 0.05) is 85.4 Å². The summed E-state index contributed by atoms with van der Waals surface area (Å²) in [5, 5.41) is 20.9. The van der Waals surface area contributed by atoms with E-state index < -0.39 is 23.7 Å². The Morgan fingerprint density at radius 3 is 2.80 bits per heavy atom. The van der Waals surface area contributed by atoms with Crippen LogP contribution >= 0.6 is 22.9 Å². The number of aliphatic imine (C=N–C) groups is 1. The third-order valence-electron chi connectivity index (χ3n) is 9.05. The Morgan fingerprint density at radius 1 is 1.20 bits per heavy atom. The molecule has 1 saturated carbocycles. The highest BCUT2D eigenvalue weighted by Gasteiger charge is 2.48. The predicted octanol–water partition coefficient (Wildman–Crippen LogP) is 3.85. The van der Waals surface area contributed by atoms with Crippen LogP contribution in [0.25, 0.3) is 5.57 Å². The van der Waals surface area contributed by atoms with Crippen LogP contribution in [0.1, 0.15) is 41.6 Å². The first kappa shape index (κ1) is 28.9. The number of piperazine rings is 1. The number of thiazole rings is 1. The maximum atomic E-state index is 14.1. The molecule has 2 saturated heterocycles. The van der Waals surface area contributed by atoms with Crippen molar-refractivity contribution >= 4 is 46.3 Å². The lowest BCUT2D eigenvalue weighted by atomic mass is 9.92. The number of amidine groups is 1. The fourth-order valence-electron chi connectivity index (χ4n) is 7.02. The summed E-state index contributed by atoms with van der Waals surface area (Å²) in [5.41, 5.74) is 3.10. The van der Waals surface area contributed by atoms with Gasteiger partial charge in [-0.1, -0.05) is 24.1 Å². The largest absolute Gasteiger partial charge is 0.481 e. The lowest BCUT2D eigenvalue weighted by Crippen LogP contribution is -2.53. The minimum absolute atomic E-state index is 0.0387. The van der Waals surface area contributed by atoms with E-state index in [2.05, 4.69) is 15.2 Å². The summed E-state index contributed by atoms with van der Waals surface area (Å²) >= 11 is 8.09. The van der Waals surface area contributed by atoms with Crippen LogP contribution in [0.5, 0.6) is 0 Å². The molecule has 44 heavy (non-hydrogen) atoms. The highest BCUT2D eigenvalue weighted by Crippen LogP contribution is 2.41. The molecule has 11 nitrogen and oxygen atoms in total. The molecule has 7 rings (SSSR count). The van der Waals surface area contributed by atoms with Gasteiger partial charge in [-0.15, -0.1) is 11.3 Å². The van der Waals surface area contributed by atoms with Crippen LogP contribution in [0.3, 0.4) is 0 Å². The number of hydrogen-bond donors (Lipinski definition) is 2. The second kappa shape index (κ2) is 11.6. The molecule has 2 N–H and O–H groups in total. The molecule has 1 aromatic carbocycles. The quantitative estimate of drug-likeness (QED) is 0.404. The molecular weight excluding hydrogens is 607 g/mol. The van der Waals surface area contributed by atoms with Crippen molar-refractivity contribution in [3.8, 4) is 0 Å². The van der Waals surface area contributed by atoms with Gasteiger partial charge in [-0.05, 0) is 31.0 Å². The lowest BCUT2D eigenvalue weighted by Gasteiger charge is -2.38. The lowest BCUT2D eigenvalue weighted by molar-refractivity contribution is -0.142. The first-order chi connectivity index (χ1) is 21.3. The second-order valence-corrected chi connectivity index (χ2v) is 13.0. The van der Waals surface area contributed by atoms with E-state index in [0.717, 1.165) is 34.8 Å². The first-order valence-corrected chi connectivity index (χ1v) is 16.0. The van der Waals surface area contributed by atoms with Crippen molar-refractivity contribution in [3.05, 3.63) is 74.8 Å². The van der Waals surface area contributed by atoms with Gasteiger partial charge < -0.3 is 20.2 Å². The topological polar surface area (TPSA) is 119 Å². The van der Waals surface area contributed by atoms with E-state index in [1.165, 1.54) is 23.5 Å². The second-order valence-electron chi connectivity index (χ2n) is 11.7. The number of carboxylic acid groups (broad SMARTS) is 1. The third-order valence-corrected chi connectivity index (χ3v) is 10.2. The normalized spacial score (nSPS) is 25.8. The number of fused-ring (bicyclic) bond motifs is 1. The molecule has 3 fully saturated rings. The molecule has 0 unspecified atom stereocenters. The molecule has 4 aliphatic rings. The summed E-state index contributed by atoms with van der Waals surface area (Å²) < 4.78 is 15.8. The minimum atomic E-state index is -0.822. The van der Waals surface area contributed by atoms with E-state index in [1.54, 1.807) is 21.8 Å². The third kappa shape index (κ3) is 5.26. The Balaban J connectivity index is 1.21. The van der Waals surface area contributed by atoms with E-state index in [4.69, 9.17) is 21.7 Å². The van der Waals surface area contributed by atoms with Gasteiger partial charge >= 0.3 is 12.0 Å². The molecule has 2 amide bonds. The average molecular weight is 639 g/mol. The SMILES string of the molecule is Cn1ccc(C2=C(CN3CCN4C(=O)N([C@@H]5CCC[C@H]5C(=O)O)C[C@@H]4C3)NC(c3nccs3)=N[C@H]2c2ccc(F)cc2Cl)n1. The number of carbonyl (C=O) groups is 2. The number of aryl methyl sites for hydroxylation is 1. The number of nitrogens with zero attached hydrogens (tertiary/aromatic N) is 7. The number of carbonyl (C=O) groups excluding carboxylic acids is 1. The predicted molar refractivity (Wildman–Crippen MR) is 164 cm³/mol. The molecule has 0 spiro atoms. The van der Waals surface area contributed by atoms with Crippen molar-refractivity contribution < 1.29 is 19.1 Å². The van der Waals surface area contributed by atoms with Crippen LogP contribution in [0.4, 0.5) is 9.18 Å². The van der Waals surface area contributed by atoms with Crippen LogP contribution < -0.4 is 5.32 Å². The zero-order chi connectivity index (χ0) is 30.5. The summed E-state index contributed by atoms with van der Waals surface area (Å²) in [6, 6.07) is 5.38. The zero-order valence-corrected chi connectivity index (χ0v) is 25.6. The van der Waals surface area contributed by atoms with Crippen molar-refractivity contribution in [1.29, 1.82) is 0 Å². The van der Waals surface area contributed by atoms with E-state index in [1.807, 2.05) is 29.6 Å². The molecule has 0 bridgehead atoms. The van der Waals surface area contributed by atoms with Crippen molar-refractivity contribution in [2.24, 2.45) is 18.0 Å². The van der Waals surface area contributed by atoms with E-state index in [-0.39, 0.29) is 23.1 Å². The molecule has 1 aliphatic carbocycles. The van der Waals surface area contributed by atoms with Gasteiger partial charge in [0.25, 0.3) is 0 Å². The van der Waals surface area contributed by atoms with E-state index in [0.29, 0.717) is 50.5 Å². The van der Waals surface area contributed by atoms with Crippen LogP contribution in [0.2, 0.25) is 5.02 Å². The van der Waals surface area contributed by atoms with Gasteiger partial charge in [0.15, 0.2) is 10.8 Å². The Hall–Kier alpha value is -3.81. The Bertz CT molecular complexity index is 1660. The molecule has 230 valence electrons. The number of nitrogens with one attached hydrogen (secondary N) is 1. The number of aliphatic carboxylic acids is 1. The summed E-state index contributed by atoms with van der Waals surface area (Å²) in [5.74, 6) is -1.15. The van der Waals surface area contributed by atoms with Gasteiger partial charge in [-0.3, -0.25) is 19.4 Å². The van der Waals surface area contributed by atoms with Crippen LogP contribution in [0, 0.1) is 11.7 Å². The summed E-state index contributed by atoms with van der Waals surface area (Å²) in [4.78, 5) is 40.8. The maximum absolute atomic E-state index is 14.1. The number of rotatable bonds is 7. The number of carboxylic acids is 1. The standard InChI is InChI=1S/C30H32ClFN8O3S/c1-37-9-7-22(36-37)25-23(34-27(28-33-8-12-44-28)35-26(25)19-6-5-17(32)13-21(19)31)16-38-10-11-39-18(14-38)15-40(30(39)43)24-4-2-3-20(24)29(41)42/h5-9,12-13,18,20,24,26H,2-4,10-11,14-16H2,1H3,(H,34,35)(H,41,42)/t18-,20+,24+,26-/m0/s1. The van der Waals surface area contributed by atoms with Crippen LogP contribution in [0.15, 0.2) is 52.7 Å². The Labute approximate surface area is 262 Å². The molecule has 4 atom stereocenters. The number of benzene rings is 1. The number of hydrogen-bond acceptors (Lipinski definition) is 8. The Kier molecular flexibility index (Phi) is 7.63. The number of urea groups is 1. The highest BCUT2D eigenvalue weighted by molar-refractivity contribution is 7.11. The molecular formula is C30H32ClFN8O3S. The number of amides is 2. The van der Waals surface area contributed by atoms with E-state index >= 15 is 0 Å². The van der Waals surface area contributed by atoms with Crippen molar-refractivity contribution in [1.82, 2.24) is 34.8 Å². The molecule has 3 aliphatic heterocycles. The fraction of sp³-hybridized carbons (Fsp3) is 0.433. The van der Waals surface area contributed by atoms with Gasteiger partial charge in [0.05, 0.1) is 17.7 Å². The van der Waals surface area contributed by atoms with Gasteiger partial charge in [0.1, 0.15) is 11.9 Å². The first-order valence-electron chi connectivity index (χ1n) is 14.7. The molecule has 2 aromatic heterocycles. The van der Waals surface area contributed by atoms with Crippen molar-refractivity contribution in [2.75, 3.05) is 32.7 Å². The molecule has 14 heteroatoms. The fourth-order valence-corrected chi connectivity index (χ4v) is 7.88. The van der Waals surface area contributed by atoms with Crippen LogP contribution in [-0.2, 0) is 11.8 Å². The van der Waals surface area contributed by atoms with Crippen molar-refractivity contribution in [2.45, 2.75) is 37.4 Å². The maximum Gasteiger partial charge on any atom is 0.320 e. The van der Waals surface area contributed by atoms with E-state index in [9.17, 15) is 19.1 Å². The number of halogens is 2. The molecule has 5 heterocycles. The smallest absolute Gasteiger partial charge is 0.320 e. The Morgan fingerprint density at radius 2 is 2.07 bits per heavy atom. The average Bonchev–Trinajstić information content (AvgIpc) is 3.80. The van der Waals surface area contributed by atoms with Crippen LogP contribution in [-0.4, -0.2) is 97.2 Å². The summed E-state index contributed by atoms with van der Waals surface area (Å²) in [7, 11) is 1.85. The number of aromatic nitrogens is 3. The van der Waals surface area contributed by atoms with Gasteiger partial charge in [-0.2, -0.15) is 5.10 Å². The summed E-state index contributed by atoms with van der Waals surface area (Å²) in [6.07, 6.45) is 5.75. The molecule has 0 radical (unpaired) electrons.